The van der Waals surface area contributed by atoms with Gasteiger partial charge in [0.15, 0.2) is 0 Å². The van der Waals surface area contributed by atoms with Crippen LogP contribution < -0.4 is 15.0 Å². The van der Waals surface area contributed by atoms with Crippen molar-refractivity contribution >= 4 is 17.5 Å². The monoisotopic (exact) mass is 383 g/mol. The summed E-state index contributed by atoms with van der Waals surface area (Å²) in [6.45, 7) is 1.88. The number of rotatable bonds is 6. The molecule has 1 fully saturated rings. The van der Waals surface area contributed by atoms with Crippen LogP contribution in [0.3, 0.4) is 0 Å². The fourth-order valence-corrected chi connectivity index (χ4v) is 3.30. The number of aliphatic hydroxyl groups excluding tert-OH is 1. The van der Waals surface area contributed by atoms with Gasteiger partial charge in [0.25, 0.3) is 5.91 Å². The Morgan fingerprint density at radius 1 is 1.04 bits per heavy atom. The lowest BCUT2D eigenvalue weighted by Crippen LogP contribution is -2.56. The molecule has 0 unspecified atom stereocenters. The van der Waals surface area contributed by atoms with E-state index in [2.05, 4.69) is 10.2 Å². The number of aliphatic hydroxyl groups is 1. The number of carbonyl (C=O) groups is 2. The zero-order valence-electron chi connectivity index (χ0n) is 15.9. The third-order valence-electron chi connectivity index (χ3n) is 4.84. The van der Waals surface area contributed by atoms with Gasteiger partial charge >= 0.3 is 0 Å². The minimum Gasteiger partial charge on any atom is -0.495 e. The first kappa shape index (κ1) is 19.7. The number of methoxy groups -OCH3 is 1. The molecule has 2 aromatic rings. The number of hydrogen-bond donors (Lipinski definition) is 2. The van der Waals surface area contributed by atoms with Gasteiger partial charge in [-0.05, 0) is 24.3 Å². The lowest BCUT2D eigenvalue weighted by molar-refractivity contribution is -0.134. The summed E-state index contributed by atoms with van der Waals surface area (Å²) in [7, 11) is 1.64. The summed E-state index contributed by atoms with van der Waals surface area (Å²) in [5.74, 6) is 0.151. The molecule has 0 radical (unpaired) electrons. The minimum absolute atomic E-state index is 0.272. The number of nitrogens with zero attached hydrogens (tertiary/aromatic N) is 2. The first-order valence-corrected chi connectivity index (χ1v) is 9.27. The van der Waals surface area contributed by atoms with Crippen LogP contribution in [0.25, 0.3) is 0 Å². The van der Waals surface area contributed by atoms with Crippen LogP contribution in [-0.4, -0.2) is 67.8 Å². The van der Waals surface area contributed by atoms with Crippen LogP contribution >= 0.6 is 0 Å². The zero-order valence-corrected chi connectivity index (χ0v) is 15.9. The number of ether oxygens (including phenoxy) is 1. The molecule has 2 N–H and O–H groups in total. The van der Waals surface area contributed by atoms with E-state index in [1.807, 2.05) is 30.3 Å². The highest BCUT2D eigenvalue weighted by molar-refractivity contribution is 5.97. The second kappa shape index (κ2) is 9.23. The first-order valence-electron chi connectivity index (χ1n) is 9.27. The van der Waals surface area contributed by atoms with E-state index in [4.69, 9.17) is 4.74 Å². The normalized spacial score (nSPS) is 15.1. The number of amides is 2. The molecule has 2 amide bonds. The van der Waals surface area contributed by atoms with E-state index in [1.54, 1.807) is 36.3 Å². The average Bonchev–Trinajstić information content (AvgIpc) is 2.77. The predicted molar refractivity (Wildman–Crippen MR) is 107 cm³/mol. The summed E-state index contributed by atoms with van der Waals surface area (Å²) in [4.78, 5) is 28.9. The van der Waals surface area contributed by atoms with Crippen molar-refractivity contribution in [1.82, 2.24) is 10.2 Å². The van der Waals surface area contributed by atoms with Crippen molar-refractivity contribution in [3.05, 3.63) is 60.2 Å². The first-order chi connectivity index (χ1) is 13.6. The molecule has 1 saturated heterocycles. The van der Waals surface area contributed by atoms with Gasteiger partial charge in [0.05, 0.1) is 19.4 Å². The Bertz CT molecular complexity index is 804. The summed E-state index contributed by atoms with van der Waals surface area (Å²) < 4.78 is 5.41. The molecular formula is C21H25N3O4. The van der Waals surface area contributed by atoms with E-state index in [9.17, 15) is 14.7 Å². The Labute approximate surface area is 164 Å². The molecule has 7 heteroatoms. The second-order valence-corrected chi connectivity index (χ2v) is 6.56. The van der Waals surface area contributed by atoms with Gasteiger partial charge < -0.3 is 25.0 Å². The Kier molecular flexibility index (Phi) is 6.49. The molecule has 0 saturated carbocycles. The molecule has 1 atom stereocenters. The van der Waals surface area contributed by atoms with Gasteiger partial charge in [-0.2, -0.15) is 0 Å². The molecule has 0 aromatic heterocycles. The summed E-state index contributed by atoms with van der Waals surface area (Å²) in [6, 6.07) is 15.5. The largest absolute Gasteiger partial charge is 0.495 e. The number of benzene rings is 2. The molecule has 0 bridgehead atoms. The molecule has 2 aromatic carbocycles. The Balaban J connectivity index is 1.59. The lowest BCUT2D eigenvalue weighted by atomic mass is 10.1. The number of piperazine rings is 1. The van der Waals surface area contributed by atoms with E-state index in [-0.39, 0.29) is 11.8 Å². The highest BCUT2D eigenvalue weighted by Gasteiger charge is 2.29. The summed E-state index contributed by atoms with van der Waals surface area (Å²) >= 11 is 0. The van der Waals surface area contributed by atoms with Crippen molar-refractivity contribution in [2.45, 2.75) is 6.04 Å². The van der Waals surface area contributed by atoms with Gasteiger partial charge in [-0.3, -0.25) is 9.59 Å². The predicted octanol–water partition coefficient (Wildman–Crippen LogP) is 1.13. The van der Waals surface area contributed by atoms with Crippen LogP contribution in [0.5, 0.6) is 5.75 Å². The van der Waals surface area contributed by atoms with Crippen LogP contribution in [0.1, 0.15) is 10.4 Å². The molecule has 1 aliphatic rings. The maximum atomic E-state index is 12.8. The van der Waals surface area contributed by atoms with Crippen LogP contribution in [0.4, 0.5) is 5.69 Å². The van der Waals surface area contributed by atoms with Gasteiger partial charge in [-0.15, -0.1) is 0 Å². The van der Waals surface area contributed by atoms with Crippen molar-refractivity contribution in [1.29, 1.82) is 0 Å². The fourth-order valence-electron chi connectivity index (χ4n) is 3.30. The van der Waals surface area contributed by atoms with Crippen molar-refractivity contribution in [3.63, 3.8) is 0 Å². The third kappa shape index (κ3) is 4.43. The number of anilines is 1. The average molecular weight is 383 g/mol. The van der Waals surface area contributed by atoms with Gasteiger partial charge in [0.2, 0.25) is 5.91 Å². The number of nitrogens with one attached hydrogen (secondary N) is 1. The maximum absolute atomic E-state index is 12.8. The lowest BCUT2D eigenvalue weighted by Gasteiger charge is -2.37. The summed E-state index contributed by atoms with van der Waals surface area (Å²) in [5, 5.41) is 12.3. The van der Waals surface area contributed by atoms with E-state index in [1.165, 1.54) is 0 Å². The topological polar surface area (TPSA) is 82.1 Å². The Hall–Kier alpha value is -3.06. The Morgan fingerprint density at radius 3 is 2.32 bits per heavy atom. The molecule has 0 spiro atoms. The zero-order chi connectivity index (χ0) is 19.9. The van der Waals surface area contributed by atoms with E-state index in [0.29, 0.717) is 31.7 Å². The maximum Gasteiger partial charge on any atom is 0.251 e. The van der Waals surface area contributed by atoms with Crippen molar-refractivity contribution in [2.75, 3.05) is 44.8 Å². The Morgan fingerprint density at radius 2 is 1.68 bits per heavy atom. The summed E-state index contributed by atoms with van der Waals surface area (Å²) in [5.41, 5.74) is 1.45. The number of para-hydroxylation sites is 2. The quantitative estimate of drug-likeness (QED) is 0.782. The fraction of sp³-hybridized carbons (Fsp3) is 0.333. The van der Waals surface area contributed by atoms with Crippen LogP contribution in [0.2, 0.25) is 0 Å². The van der Waals surface area contributed by atoms with Gasteiger partial charge in [0, 0.05) is 31.7 Å². The molecule has 0 aliphatic carbocycles. The molecule has 3 rings (SSSR count). The third-order valence-corrected chi connectivity index (χ3v) is 4.84. The van der Waals surface area contributed by atoms with Crippen LogP contribution in [-0.2, 0) is 4.79 Å². The minimum atomic E-state index is -0.953. The van der Waals surface area contributed by atoms with Crippen molar-refractivity contribution in [2.24, 2.45) is 0 Å². The molecule has 1 heterocycles. The number of carbonyl (C=O) groups excluding carboxylic acids is 2. The summed E-state index contributed by atoms with van der Waals surface area (Å²) in [6.07, 6.45) is 0. The standard InChI is InChI=1S/C21H25N3O4/c1-28-19-10-6-5-9-18(19)23-11-13-24(14-12-23)21(27)17(15-25)22-20(26)16-7-3-2-4-8-16/h2-10,17,25H,11-15H2,1H3,(H,22,26)/t17-/m0/s1. The second-order valence-electron chi connectivity index (χ2n) is 6.56. The highest BCUT2D eigenvalue weighted by Crippen LogP contribution is 2.28. The van der Waals surface area contributed by atoms with Crippen LogP contribution in [0.15, 0.2) is 54.6 Å². The van der Waals surface area contributed by atoms with E-state index >= 15 is 0 Å². The highest BCUT2D eigenvalue weighted by atomic mass is 16.5. The van der Waals surface area contributed by atoms with Crippen molar-refractivity contribution in [3.8, 4) is 5.75 Å². The van der Waals surface area contributed by atoms with Gasteiger partial charge in [0.1, 0.15) is 11.8 Å². The molecule has 28 heavy (non-hydrogen) atoms. The molecule has 7 nitrogen and oxygen atoms in total. The van der Waals surface area contributed by atoms with E-state index < -0.39 is 12.6 Å². The molecule has 1 aliphatic heterocycles. The smallest absolute Gasteiger partial charge is 0.251 e. The van der Waals surface area contributed by atoms with Crippen molar-refractivity contribution < 1.29 is 19.4 Å². The van der Waals surface area contributed by atoms with Gasteiger partial charge in [-0.25, -0.2) is 0 Å². The molecule has 148 valence electrons. The van der Waals surface area contributed by atoms with Gasteiger partial charge in [-0.1, -0.05) is 30.3 Å². The van der Waals surface area contributed by atoms with Crippen LogP contribution in [0, 0.1) is 0 Å². The molecular weight excluding hydrogens is 358 g/mol. The number of hydrogen-bond acceptors (Lipinski definition) is 5. The van der Waals surface area contributed by atoms with E-state index in [0.717, 1.165) is 11.4 Å². The SMILES string of the molecule is COc1ccccc1N1CCN(C(=O)[C@H](CO)NC(=O)c2ccccc2)CC1.